The van der Waals surface area contributed by atoms with Gasteiger partial charge in [-0.15, -0.1) is 10.2 Å². The minimum absolute atomic E-state index is 0.0513. The summed E-state index contributed by atoms with van der Waals surface area (Å²) >= 11 is 0. The minimum atomic E-state index is -0.0513. The van der Waals surface area contributed by atoms with Gasteiger partial charge in [-0.2, -0.15) is 0 Å². The van der Waals surface area contributed by atoms with Crippen molar-refractivity contribution in [1.29, 1.82) is 0 Å². The lowest BCUT2D eigenvalue weighted by Gasteiger charge is -2.17. The fraction of sp³-hybridized carbons (Fsp3) is 0.318. The number of rotatable bonds is 6. The van der Waals surface area contributed by atoms with Crippen LogP contribution in [0.2, 0.25) is 0 Å². The second-order valence-electron chi connectivity index (χ2n) is 7.32. The Kier molecular flexibility index (Phi) is 5.48. The Bertz CT molecular complexity index is 938. The molecule has 1 unspecified atom stereocenters. The van der Waals surface area contributed by atoms with Gasteiger partial charge in [0, 0.05) is 30.9 Å². The van der Waals surface area contributed by atoms with Crippen molar-refractivity contribution >= 4 is 5.91 Å². The van der Waals surface area contributed by atoms with E-state index in [1.165, 1.54) is 17.5 Å². The molecule has 1 fully saturated rings. The molecule has 1 aliphatic heterocycles. The van der Waals surface area contributed by atoms with Gasteiger partial charge in [-0.25, -0.2) is 0 Å². The average molecular weight is 375 g/mol. The van der Waals surface area contributed by atoms with E-state index in [0.717, 1.165) is 25.3 Å². The van der Waals surface area contributed by atoms with Crippen LogP contribution in [0.3, 0.4) is 0 Å². The van der Waals surface area contributed by atoms with Crippen LogP contribution >= 0.6 is 0 Å². The molecule has 28 heavy (non-hydrogen) atoms. The van der Waals surface area contributed by atoms with Crippen LogP contribution in [0.15, 0.2) is 61.2 Å². The highest BCUT2D eigenvalue weighted by molar-refractivity contribution is 5.94. The van der Waals surface area contributed by atoms with E-state index in [0.29, 0.717) is 18.0 Å². The smallest absolute Gasteiger partial charge is 0.251 e. The summed E-state index contributed by atoms with van der Waals surface area (Å²) in [4.78, 5) is 14.9. The van der Waals surface area contributed by atoms with E-state index in [1.807, 2.05) is 24.3 Å². The molecule has 4 rings (SSSR count). The largest absolute Gasteiger partial charge is 0.351 e. The second kappa shape index (κ2) is 8.35. The maximum Gasteiger partial charge on any atom is 0.251 e. The van der Waals surface area contributed by atoms with Crippen LogP contribution in [-0.2, 0) is 0 Å². The predicted octanol–water partition coefficient (Wildman–Crippen LogP) is 2.80. The normalized spacial score (nSPS) is 17.0. The van der Waals surface area contributed by atoms with E-state index in [1.54, 1.807) is 17.2 Å². The fourth-order valence-electron chi connectivity index (χ4n) is 3.91. The Hall–Kier alpha value is -2.99. The van der Waals surface area contributed by atoms with Gasteiger partial charge < -0.3 is 10.2 Å². The lowest BCUT2D eigenvalue weighted by atomic mass is 9.94. The molecule has 6 nitrogen and oxygen atoms in total. The Morgan fingerprint density at radius 3 is 2.79 bits per heavy atom. The van der Waals surface area contributed by atoms with Gasteiger partial charge in [0.2, 0.25) is 0 Å². The van der Waals surface area contributed by atoms with E-state index in [-0.39, 0.29) is 5.91 Å². The van der Waals surface area contributed by atoms with Crippen LogP contribution in [0.4, 0.5) is 0 Å². The third-order valence-corrected chi connectivity index (χ3v) is 5.44. The fourth-order valence-corrected chi connectivity index (χ4v) is 3.91. The van der Waals surface area contributed by atoms with Crippen molar-refractivity contribution in [3.05, 3.63) is 77.9 Å². The van der Waals surface area contributed by atoms with Crippen molar-refractivity contribution in [3.8, 4) is 5.69 Å². The maximum absolute atomic E-state index is 12.5. The molecule has 6 heteroatoms. The van der Waals surface area contributed by atoms with Crippen molar-refractivity contribution in [2.24, 2.45) is 0 Å². The number of aromatic nitrogens is 3. The first kappa shape index (κ1) is 18.4. The molecule has 2 aromatic carbocycles. The summed E-state index contributed by atoms with van der Waals surface area (Å²) in [5.41, 5.74) is 4.35. The minimum Gasteiger partial charge on any atom is -0.351 e. The van der Waals surface area contributed by atoms with E-state index in [4.69, 9.17) is 0 Å². The van der Waals surface area contributed by atoms with Crippen LogP contribution in [0, 0.1) is 6.92 Å². The average Bonchev–Trinajstić information content (AvgIpc) is 3.41. The molecule has 1 saturated heterocycles. The van der Waals surface area contributed by atoms with Gasteiger partial charge in [0.1, 0.15) is 12.7 Å². The predicted molar refractivity (Wildman–Crippen MR) is 109 cm³/mol. The molecular formula is C22H25N5O. The lowest BCUT2D eigenvalue weighted by molar-refractivity contribution is 0.0949. The molecule has 3 aromatic rings. The van der Waals surface area contributed by atoms with E-state index in [9.17, 15) is 4.79 Å². The van der Waals surface area contributed by atoms with Gasteiger partial charge in [0.05, 0.1) is 0 Å². The van der Waals surface area contributed by atoms with Gasteiger partial charge in [0.25, 0.3) is 5.91 Å². The molecule has 144 valence electrons. The summed E-state index contributed by atoms with van der Waals surface area (Å²) < 4.78 is 1.78. The number of nitrogens with zero attached hydrogens (tertiary/aromatic N) is 4. The molecule has 1 aromatic heterocycles. The van der Waals surface area contributed by atoms with Crippen molar-refractivity contribution < 1.29 is 4.79 Å². The number of likely N-dealkylation sites (tertiary alicyclic amines) is 1. The van der Waals surface area contributed by atoms with Crippen LogP contribution in [0.25, 0.3) is 5.69 Å². The van der Waals surface area contributed by atoms with E-state index < -0.39 is 0 Å². The number of benzene rings is 2. The first-order chi connectivity index (χ1) is 13.7. The van der Waals surface area contributed by atoms with Gasteiger partial charge in [-0.3, -0.25) is 9.36 Å². The number of aryl methyl sites for hydroxylation is 1. The number of nitrogens with one attached hydrogen (secondary N) is 1. The molecule has 1 atom stereocenters. The highest BCUT2D eigenvalue weighted by Crippen LogP contribution is 2.28. The summed E-state index contributed by atoms with van der Waals surface area (Å²) in [5, 5.41) is 10.7. The van der Waals surface area contributed by atoms with Crippen molar-refractivity contribution in [1.82, 2.24) is 25.0 Å². The quantitative estimate of drug-likeness (QED) is 0.720. The number of hydrogen-bond acceptors (Lipinski definition) is 4. The molecule has 0 saturated carbocycles. The first-order valence-electron chi connectivity index (χ1n) is 9.72. The summed E-state index contributed by atoms with van der Waals surface area (Å²) in [5.74, 6) is 0.543. The number of carbonyl (C=O) groups excluding carboxylic acids is 1. The van der Waals surface area contributed by atoms with E-state index >= 15 is 0 Å². The molecule has 1 N–H and O–H groups in total. The van der Waals surface area contributed by atoms with Crippen molar-refractivity contribution in [2.45, 2.75) is 19.3 Å². The first-order valence-corrected chi connectivity index (χ1v) is 9.72. The number of hydrogen-bond donors (Lipinski definition) is 1. The monoisotopic (exact) mass is 375 g/mol. The summed E-state index contributed by atoms with van der Waals surface area (Å²) in [6, 6.07) is 16.1. The SMILES string of the molecule is Cc1ccccc1C1CCN(CCNC(=O)c2cccc(-n3cnnc3)c2)C1. The molecule has 0 bridgehead atoms. The van der Waals surface area contributed by atoms with Gasteiger partial charge >= 0.3 is 0 Å². The Labute approximate surface area is 165 Å². The van der Waals surface area contributed by atoms with Crippen LogP contribution in [-0.4, -0.2) is 51.8 Å². The maximum atomic E-state index is 12.5. The van der Waals surface area contributed by atoms with Gasteiger partial charge in [-0.1, -0.05) is 30.3 Å². The summed E-state index contributed by atoms with van der Waals surface area (Å²) in [6.07, 6.45) is 4.42. The topological polar surface area (TPSA) is 63.1 Å². The molecule has 1 aliphatic rings. The summed E-state index contributed by atoms with van der Waals surface area (Å²) in [7, 11) is 0. The second-order valence-corrected chi connectivity index (χ2v) is 7.32. The Morgan fingerprint density at radius 2 is 1.96 bits per heavy atom. The molecule has 0 aliphatic carbocycles. The number of carbonyl (C=O) groups is 1. The standard InChI is InChI=1S/C22H25N5O/c1-17-5-2-3-8-21(17)19-9-11-26(14-19)12-10-23-22(28)18-6-4-7-20(13-18)27-15-24-25-16-27/h2-8,13,15-16,19H,9-12,14H2,1H3,(H,23,28). The van der Waals surface area contributed by atoms with Crippen LogP contribution in [0.5, 0.6) is 0 Å². The zero-order valence-electron chi connectivity index (χ0n) is 16.1. The Morgan fingerprint density at radius 1 is 1.14 bits per heavy atom. The zero-order valence-corrected chi connectivity index (χ0v) is 16.1. The molecule has 0 radical (unpaired) electrons. The van der Waals surface area contributed by atoms with Gasteiger partial charge in [0.15, 0.2) is 0 Å². The highest BCUT2D eigenvalue weighted by Gasteiger charge is 2.24. The van der Waals surface area contributed by atoms with Crippen molar-refractivity contribution in [2.75, 3.05) is 26.2 Å². The third kappa shape index (κ3) is 4.12. The number of amides is 1. The molecule has 0 spiro atoms. The molecule has 1 amide bonds. The molecule has 2 heterocycles. The van der Waals surface area contributed by atoms with Crippen molar-refractivity contribution in [3.63, 3.8) is 0 Å². The van der Waals surface area contributed by atoms with Gasteiger partial charge in [-0.05, 0) is 55.1 Å². The highest BCUT2D eigenvalue weighted by atomic mass is 16.1. The Balaban J connectivity index is 1.28. The summed E-state index contributed by atoms with van der Waals surface area (Å²) in [6.45, 7) is 5.85. The molecular weight excluding hydrogens is 350 g/mol. The lowest BCUT2D eigenvalue weighted by Crippen LogP contribution is -2.33. The van der Waals surface area contributed by atoms with Crippen LogP contribution in [0.1, 0.15) is 33.8 Å². The third-order valence-electron chi connectivity index (χ3n) is 5.44. The van der Waals surface area contributed by atoms with Crippen LogP contribution < -0.4 is 5.32 Å². The zero-order chi connectivity index (χ0) is 19.3. The van der Waals surface area contributed by atoms with E-state index in [2.05, 4.69) is 51.6 Å².